The lowest BCUT2D eigenvalue weighted by Crippen LogP contribution is -2.26. The van der Waals surface area contributed by atoms with Crippen molar-refractivity contribution >= 4 is 39.8 Å². The van der Waals surface area contributed by atoms with Crippen molar-refractivity contribution in [3.63, 3.8) is 0 Å². The minimum absolute atomic E-state index is 0.0406. The summed E-state index contributed by atoms with van der Waals surface area (Å²) in [6.07, 6.45) is 0.207. The van der Waals surface area contributed by atoms with Crippen LogP contribution in [0.1, 0.15) is 31.2 Å². The van der Waals surface area contributed by atoms with Crippen LogP contribution < -0.4 is 5.48 Å². The first-order valence-corrected chi connectivity index (χ1v) is 8.86. The number of aliphatic hydroxyl groups excluding tert-OH is 1. The Morgan fingerprint density at radius 2 is 2.29 bits per heavy atom. The zero-order chi connectivity index (χ0) is 17.7. The Balaban J connectivity index is 2.35. The number of carbonyl (C=O) groups is 1. The fourth-order valence-corrected chi connectivity index (χ4v) is 3.73. The molecule has 5 nitrogen and oxygen atoms in total. The molecule has 24 heavy (non-hydrogen) atoms. The van der Waals surface area contributed by atoms with Gasteiger partial charge in [0, 0.05) is 14.9 Å². The first kappa shape index (κ1) is 18.8. The fraction of sp³-hybridized carbons (Fsp3) is 0.250. The molecule has 1 amide bonds. The van der Waals surface area contributed by atoms with Gasteiger partial charge in [-0.1, -0.05) is 6.07 Å². The van der Waals surface area contributed by atoms with Crippen molar-refractivity contribution in [3.05, 3.63) is 54.0 Å². The van der Waals surface area contributed by atoms with Gasteiger partial charge in [0.1, 0.15) is 16.8 Å². The molecule has 2 rings (SSSR count). The molecule has 8 heteroatoms. The zero-order valence-corrected chi connectivity index (χ0v) is 15.7. The number of nitriles is 1. The summed E-state index contributed by atoms with van der Waals surface area (Å²) in [6, 6.07) is 6.93. The number of hydroxylamine groups is 1. The summed E-state index contributed by atoms with van der Waals surface area (Å²) in [5.74, 6) is -0.867. The zero-order valence-electron chi connectivity index (χ0n) is 12.7. The van der Waals surface area contributed by atoms with Crippen LogP contribution in [0.3, 0.4) is 0 Å². The molecule has 1 heterocycles. The molecule has 0 radical (unpaired) electrons. The van der Waals surface area contributed by atoms with E-state index in [1.165, 1.54) is 17.4 Å². The normalized spacial score (nSPS) is 10.5. The maximum Gasteiger partial charge on any atom is 0.276 e. The van der Waals surface area contributed by atoms with Gasteiger partial charge in [-0.25, -0.2) is 9.87 Å². The smallest absolute Gasteiger partial charge is 0.276 e. The van der Waals surface area contributed by atoms with Gasteiger partial charge in [0.15, 0.2) is 0 Å². The number of halogens is 2. The molecule has 2 N–H and O–H groups in total. The van der Waals surface area contributed by atoms with E-state index in [9.17, 15) is 14.4 Å². The third kappa shape index (κ3) is 4.30. The third-order valence-electron chi connectivity index (χ3n) is 3.27. The molecule has 126 valence electrons. The van der Waals surface area contributed by atoms with E-state index < -0.39 is 5.91 Å². The SMILES string of the molecule is Cc1c(C#N)sc(Cc2ccc(I)cc2F)c1C(=O)NOCCO. The van der Waals surface area contributed by atoms with Gasteiger partial charge in [-0.05, 0) is 52.8 Å². The van der Waals surface area contributed by atoms with E-state index in [-0.39, 0.29) is 25.5 Å². The fourth-order valence-electron chi connectivity index (χ4n) is 2.15. The number of amides is 1. The van der Waals surface area contributed by atoms with Crippen LogP contribution >= 0.6 is 33.9 Å². The van der Waals surface area contributed by atoms with Crippen molar-refractivity contribution in [2.75, 3.05) is 13.2 Å². The van der Waals surface area contributed by atoms with Crippen LogP contribution in [0.4, 0.5) is 4.39 Å². The highest BCUT2D eigenvalue weighted by Crippen LogP contribution is 2.30. The largest absolute Gasteiger partial charge is 0.394 e. The maximum absolute atomic E-state index is 14.1. The van der Waals surface area contributed by atoms with Crippen LogP contribution in [0.2, 0.25) is 0 Å². The average Bonchev–Trinajstić information content (AvgIpc) is 2.86. The number of nitrogens with one attached hydrogen (secondary N) is 1. The van der Waals surface area contributed by atoms with E-state index in [0.717, 1.165) is 3.57 Å². The molecule has 0 atom stereocenters. The van der Waals surface area contributed by atoms with Crippen LogP contribution in [-0.4, -0.2) is 24.2 Å². The van der Waals surface area contributed by atoms with Gasteiger partial charge in [0.05, 0.1) is 18.8 Å². The Labute approximate surface area is 156 Å². The van der Waals surface area contributed by atoms with Gasteiger partial charge in [-0.2, -0.15) is 5.26 Å². The number of benzene rings is 1. The van der Waals surface area contributed by atoms with Crippen LogP contribution in [0, 0.1) is 27.6 Å². The molecule has 0 aliphatic carbocycles. The third-order valence-corrected chi connectivity index (χ3v) is 5.14. The quantitative estimate of drug-likeness (QED) is 0.395. The van der Waals surface area contributed by atoms with Gasteiger partial charge >= 0.3 is 0 Å². The minimum Gasteiger partial charge on any atom is -0.394 e. The summed E-state index contributed by atoms with van der Waals surface area (Å²) in [7, 11) is 0. The van der Waals surface area contributed by atoms with Gasteiger partial charge in [-0.3, -0.25) is 9.63 Å². The molecule has 0 aliphatic rings. The van der Waals surface area contributed by atoms with Crippen LogP contribution in [0.5, 0.6) is 0 Å². The Morgan fingerprint density at radius 3 is 2.92 bits per heavy atom. The molecular weight excluding hydrogens is 446 g/mol. The molecule has 0 aliphatic heterocycles. The Hall–Kier alpha value is -1.54. The molecule has 0 unspecified atom stereocenters. The van der Waals surface area contributed by atoms with E-state index in [1.807, 2.05) is 22.6 Å². The van der Waals surface area contributed by atoms with Crippen LogP contribution in [0.25, 0.3) is 0 Å². The lowest BCUT2D eigenvalue weighted by molar-refractivity contribution is 0.0167. The van der Waals surface area contributed by atoms with Gasteiger partial charge < -0.3 is 5.11 Å². The molecule has 2 aromatic rings. The summed E-state index contributed by atoms with van der Waals surface area (Å²) in [5, 5.41) is 17.9. The molecule has 0 saturated carbocycles. The highest BCUT2D eigenvalue weighted by atomic mass is 127. The van der Waals surface area contributed by atoms with Crippen molar-refractivity contribution in [2.45, 2.75) is 13.3 Å². The van der Waals surface area contributed by atoms with E-state index in [2.05, 4.69) is 11.5 Å². The first-order chi connectivity index (χ1) is 11.5. The molecule has 0 bridgehead atoms. The van der Waals surface area contributed by atoms with Crippen LogP contribution in [0.15, 0.2) is 18.2 Å². The number of hydrogen-bond donors (Lipinski definition) is 2. The van der Waals surface area contributed by atoms with E-state index >= 15 is 0 Å². The monoisotopic (exact) mass is 460 g/mol. The van der Waals surface area contributed by atoms with Crippen molar-refractivity contribution in [1.82, 2.24) is 5.48 Å². The molecule has 1 aromatic heterocycles. The molecule has 1 aromatic carbocycles. The standard InChI is InChI=1S/C16H14FIN2O3S/c1-9-14(8-19)24-13(15(9)16(22)20-23-5-4-21)6-10-2-3-11(18)7-12(10)17/h2-3,7,21H,4-6H2,1H3,(H,20,22). The summed E-state index contributed by atoms with van der Waals surface area (Å²) in [4.78, 5) is 18.1. The summed E-state index contributed by atoms with van der Waals surface area (Å²) in [6.45, 7) is 1.40. The Bertz CT molecular complexity index is 801. The number of thiophene rings is 1. The Morgan fingerprint density at radius 1 is 1.54 bits per heavy atom. The number of aliphatic hydroxyl groups is 1. The van der Waals surface area contributed by atoms with E-state index in [0.29, 0.717) is 26.4 Å². The summed E-state index contributed by atoms with van der Waals surface area (Å²) in [5.41, 5.74) is 3.53. The molecule has 0 saturated heterocycles. The number of carbonyl (C=O) groups excluding carboxylic acids is 1. The second-order valence-corrected chi connectivity index (χ2v) is 7.23. The van der Waals surface area contributed by atoms with Crippen molar-refractivity contribution < 1.29 is 19.1 Å². The maximum atomic E-state index is 14.1. The molecule has 0 spiro atoms. The van der Waals surface area contributed by atoms with E-state index in [1.54, 1.807) is 19.1 Å². The first-order valence-electron chi connectivity index (χ1n) is 6.97. The van der Waals surface area contributed by atoms with Gasteiger partial charge in [-0.15, -0.1) is 11.3 Å². The topological polar surface area (TPSA) is 82.4 Å². The highest BCUT2D eigenvalue weighted by molar-refractivity contribution is 14.1. The average molecular weight is 460 g/mol. The molecular formula is C16H14FIN2O3S. The second kappa shape index (κ2) is 8.53. The second-order valence-electron chi connectivity index (χ2n) is 4.88. The number of rotatable bonds is 6. The predicted molar refractivity (Wildman–Crippen MR) is 96.2 cm³/mol. The summed E-state index contributed by atoms with van der Waals surface area (Å²) < 4.78 is 14.9. The minimum atomic E-state index is -0.514. The van der Waals surface area contributed by atoms with Crippen molar-refractivity contribution in [1.29, 1.82) is 5.26 Å². The predicted octanol–water partition coefficient (Wildman–Crippen LogP) is 2.92. The highest BCUT2D eigenvalue weighted by Gasteiger charge is 2.22. The summed E-state index contributed by atoms with van der Waals surface area (Å²) >= 11 is 3.19. The lowest BCUT2D eigenvalue weighted by Gasteiger charge is -2.08. The van der Waals surface area contributed by atoms with Crippen molar-refractivity contribution in [2.24, 2.45) is 0 Å². The Kier molecular flexibility index (Phi) is 6.68. The van der Waals surface area contributed by atoms with E-state index in [4.69, 9.17) is 9.94 Å². The molecule has 0 fully saturated rings. The van der Waals surface area contributed by atoms with Gasteiger partial charge in [0.2, 0.25) is 0 Å². The van der Waals surface area contributed by atoms with Gasteiger partial charge in [0.25, 0.3) is 5.91 Å². The number of hydrogen-bond acceptors (Lipinski definition) is 5. The van der Waals surface area contributed by atoms with Crippen molar-refractivity contribution in [3.8, 4) is 6.07 Å². The van der Waals surface area contributed by atoms with Crippen LogP contribution in [-0.2, 0) is 11.3 Å². The lowest BCUT2D eigenvalue weighted by atomic mass is 10.0. The number of nitrogens with zero attached hydrogens (tertiary/aromatic N) is 1.